The fourth-order valence-corrected chi connectivity index (χ4v) is 3.96. The highest BCUT2D eigenvalue weighted by Crippen LogP contribution is 2.37. The van der Waals surface area contributed by atoms with Crippen molar-refractivity contribution in [2.75, 3.05) is 19.6 Å². The molecule has 1 aliphatic carbocycles. The average molecular weight is 264 g/mol. The van der Waals surface area contributed by atoms with Gasteiger partial charge in [0.15, 0.2) is 0 Å². The third-order valence-corrected chi connectivity index (χ3v) is 5.02. The quantitative estimate of drug-likeness (QED) is 0.894. The van der Waals surface area contributed by atoms with Crippen LogP contribution in [0.3, 0.4) is 0 Å². The van der Waals surface area contributed by atoms with Crippen LogP contribution in [0.2, 0.25) is 0 Å². The molecule has 0 bridgehead atoms. The van der Waals surface area contributed by atoms with E-state index in [0.717, 1.165) is 37.9 Å². The predicted molar refractivity (Wildman–Crippen MR) is 73.8 cm³/mol. The number of fused-ring (bicyclic) bond motifs is 1. The molecule has 2 amide bonds. The number of rotatable bonds is 3. The predicted octanol–water partition coefficient (Wildman–Crippen LogP) is 2.73. The first kappa shape index (κ1) is 12.0. The van der Waals surface area contributed by atoms with E-state index >= 15 is 0 Å². The Labute approximate surface area is 112 Å². The molecule has 0 unspecified atom stereocenters. The molecule has 2 fully saturated rings. The Morgan fingerprint density at radius 2 is 2.17 bits per heavy atom. The highest BCUT2D eigenvalue weighted by molar-refractivity contribution is 7.07. The summed E-state index contributed by atoms with van der Waals surface area (Å²) in [6, 6.07) is 2.26. The van der Waals surface area contributed by atoms with Crippen LogP contribution in [0.25, 0.3) is 0 Å². The smallest absolute Gasteiger partial charge is 0.317 e. The number of carbonyl (C=O) groups is 1. The summed E-state index contributed by atoms with van der Waals surface area (Å²) < 4.78 is 0. The molecule has 18 heavy (non-hydrogen) atoms. The lowest BCUT2D eigenvalue weighted by atomic mass is 10.0. The van der Waals surface area contributed by atoms with Gasteiger partial charge in [0.05, 0.1) is 0 Å². The van der Waals surface area contributed by atoms with Crippen LogP contribution in [-0.2, 0) is 6.42 Å². The van der Waals surface area contributed by atoms with Gasteiger partial charge < -0.3 is 10.2 Å². The number of amides is 2. The standard InChI is InChI=1S/C14H20N2OS/c17-14(15-6-4-11-5-7-18-10-11)16-8-12-2-1-3-13(12)9-16/h5,7,10,12-13H,1-4,6,8-9H2,(H,15,17)/t12-,13+. The molecule has 1 saturated heterocycles. The number of nitrogens with zero attached hydrogens (tertiary/aromatic N) is 1. The summed E-state index contributed by atoms with van der Waals surface area (Å²) in [6.07, 6.45) is 4.95. The van der Waals surface area contributed by atoms with Crippen LogP contribution in [-0.4, -0.2) is 30.6 Å². The van der Waals surface area contributed by atoms with Gasteiger partial charge in [-0.2, -0.15) is 11.3 Å². The molecule has 1 N–H and O–H groups in total. The van der Waals surface area contributed by atoms with Gasteiger partial charge in [-0.05, 0) is 53.5 Å². The fraction of sp³-hybridized carbons (Fsp3) is 0.643. The van der Waals surface area contributed by atoms with Crippen molar-refractivity contribution in [3.63, 3.8) is 0 Å². The number of likely N-dealkylation sites (tertiary alicyclic amines) is 1. The lowest BCUT2D eigenvalue weighted by molar-refractivity contribution is 0.205. The zero-order valence-electron chi connectivity index (χ0n) is 10.6. The molecule has 1 aromatic heterocycles. The lowest BCUT2D eigenvalue weighted by Gasteiger charge is -2.17. The lowest BCUT2D eigenvalue weighted by Crippen LogP contribution is -2.39. The van der Waals surface area contributed by atoms with Crippen molar-refractivity contribution in [1.29, 1.82) is 0 Å². The number of hydrogen-bond acceptors (Lipinski definition) is 2. The molecule has 0 radical (unpaired) electrons. The summed E-state index contributed by atoms with van der Waals surface area (Å²) in [6.45, 7) is 2.71. The van der Waals surface area contributed by atoms with Crippen LogP contribution in [0, 0.1) is 11.8 Å². The first-order chi connectivity index (χ1) is 8.83. The second-order valence-electron chi connectivity index (χ2n) is 5.47. The van der Waals surface area contributed by atoms with E-state index in [1.807, 2.05) is 4.90 Å². The average Bonchev–Trinajstić information content (AvgIpc) is 3.04. The molecule has 3 rings (SSSR count). The first-order valence-corrected chi connectivity index (χ1v) is 7.81. The maximum Gasteiger partial charge on any atom is 0.317 e. The van der Waals surface area contributed by atoms with Crippen molar-refractivity contribution in [2.45, 2.75) is 25.7 Å². The molecule has 2 heterocycles. The van der Waals surface area contributed by atoms with Gasteiger partial charge in [0.2, 0.25) is 0 Å². The van der Waals surface area contributed by atoms with Gasteiger partial charge in [0, 0.05) is 19.6 Å². The summed E-state index contributed by atoms with van der Waals surface area (Å²) in [4.78, 5) is 14.0. The van der Waals surface area contributed by atoms with Gasteiger partial charge in [-0.25, -0.2) is 4.79 Å². The van der Waals surface area contributed by atoms with Crippen molar-refractivity contribution in [1.82, 2.24) is 10.2 Å². The fourth-order valence-electron chi connectivity index (χ4n) is 3.26. The van der Waals surface area contributed by atoms with Gasteiger partial charge in [-0.15, -0.1) is 0 Å². The van der Waals surface area contributed by atoms with Gasteiger partial charge in [-0.1, -0.05) is 6.42 Å². The van der Waals surface area contributed by atoms with Crippen molar-refractivity contribution in [3.8, 4) is 0 Å². The Morgan fingerprint density at radius 3 is 2.83 bits per heavy atom. The van der Waals surface area contributed by atoms with Crippen LogP contribution < -0.4 is 5.32 Å². The summed E-state index contributed by atoms with van der Waals surface area (Å²) >= 11 is 1.71. The van der Waals surface area contributed by atoms with E-state index in [-0.39, 0.29) is 6.03 Å². The molecule has 0 spiro atoms. The van der Waals surface area contributed by atoms with Gasteiger partial charge in [0.25, 0.3) is 0 Å². The van der Waals surface area contributed by atoms with E-state index in [4.69, 9.17) is 0 Å². The molecular weight excluding hydrogens is 244 g/mol. The summed E-state index contributed by atoms with van der Waals surface area (Å²) in [7, 11) is 0. The molecule has 98 valence electrons. The van der Waals surface area contributed by atoms with E-state index in [1.165, 1.54) is 24.8 Å². The maximum absolute atomic E-state index is 12.0. The van der Waals surface area contributed by atoms with Crippen molar-refractivity contribution < 1.29 is 4.79 Å². The van der Waals surface area contributed by atoms with Crippen LogP contribution in [0.15, 0.2) is 16.8 Å². The van der Waals surface area contributed by atoms with E-state index in [9.17, 15) is 4.79 Å². The largest absolute Gasteiger partial charge is 0.338 e. The van der Waals surface area contributed by atoms with Gasteiger partial charge >= 0.3 is 6.03 Å². The zero-order valence-corrected chi connectivity index (χ0v) is 11.4. The van der Waals surface area contributed by atoms with E-state index in [2.05, 4.69) is 22.1 Å². The Hall–Kier alpha value is -1.03. The van der Waals surface area contributed by atoms with Crippen molar-refractivity contribution >= 4 is 17.4 Å². The molecule has 4 heteroatoms. The Kier molecular flexibility index (Phi) is 3.55. The number of hydrogen-bond donors (Lipinski definition) is 1. The van der Waals surface area contributed by atoms with Gasteiger partial charge in [-0.3, -0.25) is 0 Å². The van der Waals surface area contributed by atoms with Crippen molar-refractivity contribution in [2.24, 2.45) is 11.8 Å². The number of thiophene rings is 1. The Morgan fingerprint density at radius 1 is 1.39 bits per heavy atom. The highest BCUT2D eigenvalue weighted by atomic mass is 32.1. The molecule has 1 aromatic rings. The van der Waals surface area contributed by atoms with Crippen LogP contribution in [0.1, 0.15) is 24.8 Å². The Balaban J connectivity index is 1.42. The first-order valence-electron chi connectivity index (χ1n) is 6.87. The monoisotopic (exact) mass is 264 g/mol. The van der Waals surface area contributed by atoms with Gasteiger partial charge in [0.1, 0.15) is 0 Å². The van der Waals surface area contributed by atoms with E-state index < -0.39 is 0 Å². The molecule has 1 aliphatic heterocycles. The second kappa shape index (κ2) is 5.31. The number of urea groups is 1. The minimum absolute atomic E-state index is 0.139. The van der Waals surface area contributed by atoms with Crippen LogP contribution >= 0.6 is 11.3 Å². The second-order valence-corrected chi connectivity index (χ2v) is 6.25. The van der Waals surface area contributed by atoms with E-state index in [1.54, 1.807) is 11.3 Å². The van der Waals surface area contributed by atoms with Crippen molar-refractivity contribution in [3.05, 3.63) is 22.4 Å². The SMILES string of the molecule is O=C(NCCc1ccsc1)N1C[C@H]2CCC[C@H]2C1. The number of carbonyl (C=O) groups excluding carboxylic acids is 1. The molecule has 1 saturated carbocycles. The zero-order chi connectivity index (χ0) is 12.4. The summed E-state index contributed by atoms with van der Waals surface area (Å²) in [5.41, 5.74) is 1.32. The topological polar surface area (TPSA) is 32.3 Å². The third-order valence-electron chi connectivity index (χ3n) is 4.28. The van der Waals surface area contributed by atoms with Crippen LogP contribution in [0.4, 0.5) is 4.79 Å². The normalized spacial score (nSPS) is 26.3. The summed E-state index contributed by atoms with van der Waals surface area (Å²) in [5.74, 6) is 1.57. The molecule has 0 aromatic carbocycles. The molecular formula is C14H20N2OS. The van der Waals surface area contributed by atoms with Crippen LogP contribution in [0.5, 0.6) is 0 Å². The molecule has 2 aliphatic rings. The molecule has 2 atom stereocenters. The van der Waals surface area contributed by atoms with E-state index in [0.29, 0.717) is 0 Å². The summed E-state index contributed by atoms with van der Waals surface area (Å²) in [5, 5.41) is 7.27. The Bertz CT molecular complexity index is 392. The third kappa shape index (κ3) is 2.53. The maximum atomic E-state index is 12.0. The minimum atomic E-state index is 0.139. The number of nitrogens with one attached hydrogen (secondary N) is 1. The molecule has 3 nitrogen and oxygen atoms in total. The minimum Gasteiger partial charge on any atom is -0.338 e. The highest BCUT2D eigenvalue weighted by Gasteiger charge is 2.37.